The summed E-state index contributed by atoms with van der Waals surface area (Å²) in [6.07, 6.45) is -1.49. The Morgan fingerprint density at radius 2 is 1.52 bits per heavy atom. The fourth-order valence-electron chi connectivity index (χ4n) is 3.11. The van der Waals surface area contributed by atoms with Crippen molar-refractivity contribution in [3.05, 3.63) is 0 Å². The van der Waals surface area contributed by atoms with Crippen molar-refractivity contribution in [3.63, 3.8) is 0 Å². The zero-order valence-corrected chi connectivity index (χ0v) is 13.0. The van der Waals surface area contributed by atoms with Crippen molar-refractivity contribution in [2.45, 2.75) is 70.0 Å². The van der Waals surface area contributed by atoms with Crippen LogP contribution in [0.25, 0.3) is 0 Å². The van der Waals surface area contributed by atoms with E-state index < -0.39 is 17.9 Å². The van der Waals surface area contributed by atoms with Gasteiger partial charge in [-0.2, -0.15) is 0 Å². The topological polar surface area (TPSA) is 81.4 Å². The lowest BCUT2D eigenvalue weighted by molar-refractivity contribution is -0.242. The lowest BCUT2D eigenvalue weighted by Gasteiger charge is -2.37. The molecule has 0 bridgehead atoms. The van der Waals surface area contributed by atoms with Crippen LogP contribution in [0.3, 0.4) is 0 Å². The Bertz CT molecular complexity index is 388. The molecule has 2 N–H and O–H groups in total. The van der Waals surface area contributed by atoms with Gasteiger partial charge in [-0.25, -0.2) is 0 Å². The monoisotopic (exact) mass is 303 g/mol. The molecule has 7 heteroatoms. The fraction of sp³-hybridized carbons (Fsp3) is 1.00. The SMILES string of the molecule is CC1(C)OC2OC(COCCN)C3OC(C)(C)OC3C2O1. The van der Waals surface area contributed by atoms with Crippen LogP contribution in [-0.2, 0) is 28.4 Å². The molecule has 3 rings (SSSR count). The van der Waals surface area contributed by atoms with Gasteiger partial charge < -0.3 is 34.2 Å². The Morgan fingerprint density at radius 3 is 2.24 bits per heavy atom. The van der Waals surface area contributed by atoms with Crippen molar-refractivity contribution in [1.29, 1.82) is 0 Å². The first kappa shape index (κ1) is 15.6. The second kappa shape index (κ2) is 5.42. The highest BCUT2D eigenvalue weighted by molar-refractivity contribution is 5.00. The van der Waals surface area contributed by atoms with Gasteiger partial charge in [0.15, 0.2) is 17.9 Å². The first-order chi connectivity index (χ1) is 9.81. The van der Waals surface area contributed by atoms with Gasteiger partial charge in [-0.1, -0.05) is 0 Å². The van der Waals surface area contributed by atoms with Crippen LogP contribution in [0.4, 0.5) is 0 Å². The van der Waals surface area contributed by atoms with E-state index in [0.29, 0.717) is 19.8 Å². The molecule has 0 aliphatic carbocycles. The predicted octanol–water partition coefficient (Wildman–Crippen LogP) is 0.358. The second-order valence-electron chi connectivity index (χ2n) is 6.57. The molecular weight excluding hydrogens is 278 g/mol. The Morgan fingerprint density at radius 1 is 0.905 bits per heavy atom. The predicted molar refractivity (Wildman–Crippen MR) is 72.4 cm³/mol. The highest BCUT2D eigenvalue weighted by atomic mass is 16.9. The molecule has 7 nitrogen and oxygen atoms in total. The molecule has 0 saturated carbocycles. The molecule has 3 aliphatic rings. The number of ether oxygens (including phenoxy) is 6. The molecule has 5 atom stereocenters. The molecule has 0 aromatic heterocycles. The number of nitrogens with two attached hydrogens (primary N) is 1. The van der Waals surface area contributed by atoms with Gasteiger partial charge in [0, 0.05) is 6.54 Å². The summed E-state index contributed by atoms with van der Waals surface area (Å²) in [5, 5.41) is 0. The van der Waals surface area contributed by atoms with Gasteiger partial charge in [0.25, 0.3) is 0 Å². The molecular formula is C14H25NO6. The molecule has 21 heavy (non-hydrogen) atoms. The van der Waals surface area contributed by atoms with E-state index in [2.05, 4.69) is 0 Å². The molecule has 0 aromatic rings. The maximum Gasteiger partial charge on any atom is 0.190 e. The second-order valence-corrected chi connectivity index (χ2v) is 6.57. The number of hydrogen-bond acceptors (Lipinski definition) is 7. The van der Waals surface area contributed by atoms with Crippen LogP contribution in [0.2, 0.25) is 0 Å². The highest BCUT2D eigenvalue weighted by Crippen LogP contribution is 2.44. The summed E-state index contributed by atoms with van der Waals surface area (Å²) < 4.78 is 35.2. The van der Waals surface area contributed by atoms with E-state index in [9.17, 15) is 0 Å². The third-order valence-corrected chi connectivity index (χ3v) is 3.80. The maximum absolute atomic E-state index is 6.01. The molecule has 3 heterocycles. The number of rotatable bonds is 4. The van der Waals surface area contributed by atoms with Gasteiger partial charge in [-0.15, -0.1) is 0 Å². The summed E-state index contributed by atoms with van der Waals surface area (Å²) >= 11 is 0. The van der Waals surface area contributed by atoms with Crippen LogP contribution >= 0.6 is 0 Å². The van der Waals surface area contributed by atoms with Crippen molar-refractivity contribution in [2.24, 2.45) is 5.73 Å². The van der Waals surface area contributed by atoms with Crippen LogP contribution in [0.15, 0.2) is 0 Å². The summed E-state index contributed by atoms with van der Waals surface area (Å²) in [6, 6.07) is 0. The third-order valence-electron chi connectivity index (χ3n) is 3.80. The zero-order chi connectivity index (χ0) is 15.3. The number of hydrogen-bond donors (Lipinski definition) is 1. The Hall–Kier alpha value is -0.280. The minimum absolute atomic E-state index is 0.230. The van der Waals surface area contributed by atoms with E-state index >= 15 is 0 Å². The first-order valence-electron chi connectivity index (χ1n) is 7.46. The van der Waals surface area contributed by atoms with Gasteiger partial charge in [0.2, 0.25) is 0 Å². The Labute approximate surface area is 124 Å². The van der Waals surface area contributed by atoms with Gasteiger partial charge in [0.05, 0.1) is 13.2 Å². The smallest absolute Gasteiger partial charge is 0.190 e. The van der Waals surface area contributed by atoms with Crippen LogP contribution in [0, 0.1) is 0 Å². The lowest BCUT2D eigenvalue weighted by atomic mass is 9.99. The van der Waals surface area contributed by atoms with E-state index in [4.69, 9.17) is 34.2 Å². The minimum Gasteiger partial charge on any atom is -0.377 e. The average molecular weight is 303 g/mol. The molecule has 0 amide bonds. The van der Waals surface area contributed by atoms with Gasteiger partial charge in [-0.05, 0) is 27.7 Å². The molecule has 3 saturated heterocycles. The maximum atomic E-state index is 6.01. The summed E-state index contributed by atoms with van der Waals surface area (Å²) in [7, 11) is 0. The van der Waals surface area contributed by atoms with Crippen LogP contribution in [-0.4, -0.2) is 62.0 Å². The zero-order valence-electron chi connectivity index (χ0n) is 13.0. The van der Waals surface area contributed by atoms with Gasteiger partial charge in [-0.3, -0.25) is 0 Å². The van der Waals surface area contributed by atoms with E-state index in [0.717, 1.165) is 0 Å². The molecule has 3 fully saturated rings. The summed E-state index contributed by atoms with van der Waals surface area (Å²) in [4.78, 5) is 0. The number of fused-ring (bicyclic) bond motifs is 3. The van der Waals surface area contributed by atoms with Crippen molar-refractivity contribution in [1.82, 2.24) is 0 Å². The Kier molecular flexibility index (Phi) is 4.03. The normalized spacial score (nSPS) is 43.6. The van der Waals surface area contributed by atoms with Crippen LogP contribution in [0.5, 0.6) is 0 Å². The standard InChI is InChI=1S/C14H25NO6/c1-13(2)18-9-8(7-16-6-5-15)17-12-11(10(9)19-13)20-14(3,4)21-12/h8-12H,5-7,15H2,1-4H3. The lowest BCUT2D eigenvalue weighted by Crippen LogP contribution is -2.56. The Balaban J connectivity index is 1.75. The van der Waals surface area contributed by atoms with E-state index in [-0.39, 0.29) is 24.4 Å². The van der Waals surface area contributed by atoms with E-state index in [1.54, 1.807) is 0 Å². The largest absolute Gasteiger partial charge is 0.377 e. The van der Waals surface area contributed by atoms with Crippen LogP contribution < -0.4 is 5.73 Å². The van der Waals surface area contributed by atoms with E-state index in [1.165, 1.54) is 0 Å². The minimum atomic E-state index is -0.691. The first-order valence-corrected chi connectivity index (χ1v) is 7.46. The molecule has 0 aromatic carbocycles. The highest BCUT2D eigenvalue weighted by Gasteiger charge is 2.60. The third kappa shape index (κ3) is 3.10. The van der Waals surface area contributed by atoms with Crippen LogP contribution in [0.1, 0.15) is 27.7 Å². The van der Waals surface area contributed by atoms with Crippen molar-refractivity contribution in [2.75, 3.05) is 19.8 Å². The molecule has 122 valence electrons. The van der Waals surface area contributed by atoms with E-state index in [1.807, 2.05) is 27.7 Å². The van der Waals surface area contributed by atoms with Crippen molar-refractivity contribution in [3.8, 4) is 0 Å². The van der Waals surface area contributed by atoms with Crippen molar-refractivity contribution >= 4 is 0 Å². The van der Waals surface area contributed by atoms with Crippen molar-refractivity contribution < 1.29 is 28.4 Å². The van der Waals surface area contributed by atoms with Gasteiger partial charge >= 0.3 is 0 Å². The molecule has 0 spiro atoms. The fourth-order valence-corrected chi connectivity index (χ4v) is 3.11. The summed E-state index contributed by atoms with van der Waals surface area (Å²) in [5.74, 6) is -1.36. The summed E-state index contributed by atoms with van der Waals surface area (Å²) in [5.41, 5.74) is 5.45. The molecule has 5 unspecified atom stereocenters. The average Bonchev–Trinajstić information content (AvgIpc) is 2.84. The summed E-state index contributed by atoms with van der Waals surface area (Å²) in [6.45, 7) is 8.86. The van der Waals surface area contributed by atoms with Gasteiger partial charge in [0.1, 0.15) is 24.4 Å². The quantitative estimate of drug-likeness (QED) is 0.751. The molecule has 0 radical (unpaired) electrons. The molecule has 3 aliphatic heterocycles.